The van der Waals surface area contributed by atoms with Crippen LogP contribution in [0.4, 0.5) is 0 Å². The summed E-state index contributed by atoms with van der Waals surface area (Å²) in [6, 6.07) is 4.33. The number of benzene rings is 1. The molecule has 2 aromatic rings. The highest BCUT2D eigenvalue weighted by atomic mass is 35.5. The van der Waals surface area contributed by atoms with Crippen LogP contribution in [-0.4, -0.2) is 37.1 Å². The average molecular weight is 310 g/mol. The summed E-state index contributed by atoms with van der Waals surface area (Å²) in [6.45, 7) is 1.90. The van der Waals surface area contributed by atoms with Gasteiger partial charge in [-0.1, -0.05) is 30.2 Å². The lowest BCUT2D eigenvalue weighted by Crippen LogP contribution is -2.08. The van der Waals surface area contributed by atoms with Crippen LogP contribution in [0.25, 0.3) is 5.69 Å². The Labute approximate surface area is 124 Å². The van der Waals surface area contributed by atoms with Crippen molar-refractivity contribution in [2.75, 3.05) is 0 Å². The van der Waals surface area contributed by atoms with Gasteiger partial charge in [0.1, 0.15) is 0 Å². The van der Waals surface area contributed by atoms with Crippen molar-refractivity contribution in [3.05, 3.63) is 40.2 Å². The quantitative estimate of drug-likeness (QED) is 0.877. The van der Waals surface area contributed by atoms with Gasteiger partial charge >= 0.3 is 11.9 Å². The SMILES string of the molecule is CCCc1c(C(=O)O)nnn1-c1ccc(Cl)c(C(=O)O)c1. The molecule has 0 aliphatic heterocycles. The Kier molecular flexibility index (Phi) is 4.23. The highest BCUT2D eigenvalue weighted by molar-refractivity contribution is 6.33. The van der Waals surface area contributed by atoms with Crippen molar-refractivity contribution in [2.45, 2.75) is 19.8 Å². The molecule has 0 atom stereocenters. The maximum absolute atomic E-state index is 11.1. The smallest absolute Gasteiger partial charge is 0.358 e. The molecule has 21 heavy (non-hydrogen) atoms. The minimum atomic E-state index is -1.17. The van der Waals surface area contributed by atoms with E-state index >= 15 is 0 Å². The van der Waals surface area contributed by atoms with E-state index in [1.165, 1.54) is 16.8 Å². The number of aromatic carboxylic acids is 2. The third kappa shape index (κ3) is 2.87. The van der Waals surface area contributed by atoms with Gasteiger partial charge in [0.15, 0.2) is 5.69 Å². The summed E-state index contributed by atoms with van der Waals surface area (Å²) in [5, 5.41) is 25.7. The molecule has 0 aliphatic carbocycles. The van der Waals surface area contributed by atoms with E-state index in [0.717, 1.165) is 0 Å². The van der Waals surface area contributed by atoms with Crippen LogP contribution in [0.5, 0.6) is 0 Å². The summed E-state index contributed by atoms with van der Waals surface area (Å²) < 4.78 is 1.33. The van der Waals surface area contributed by atoms with Crippen LogP contribution in [0.2, 0.25) is 5.02 Å². The number of hydrogen-bond donors (Lipinski definition) is 2. The second kappa shape index (κ2) is 5.92. The zero-order valence-corrected chi connectivity index (χ0v) is 11.8. The van der Waals surface area contributed by atoms with E-state index in [4.69, 9.17) is 21.8 Å². The van der Waals surface area contributed by atoms with Gasteiger partial charge < -0.3 is 10.2 Å². The first-order chi connectivity index (χ1) is 9.95. The molecule has 0 bridgehead atoms. The lowest BCUT2D eigenvalue weighted by atomic mass is 10.1. The van der Waals surface area contributed by atoms with Crippen molar-refractivity contribution in [1.82, 2.24) is 15.0 Å². The molecule has 0 aliphatic rings. The Bertz CT molecular complexity index is 711. The number of aromatic nitrogens is 3. The molecule has 1 aromatic carbocycles. The summed E-state index contributed by atoms with van der Waals surface area (Å²) in [6.07, 6.45) is 1.16. The van der Waals surface area contributed by atoms with E-state index in [2.05, 4.69) is 10.3 Å². The first kappa shape index (κ1) is 15.0. The number of carboxylic acid groups (broad SMARTS) is 2. The zero-order chi connectivity index (χ0) is 15.6. The van der Waals surface area contributed by atoms with Gasteiger partial charge in [0.2, 0.25) is 0 Å². The maximum atomic E-state index is 11.1. The Balaban J connectivity index is 2.59. The standard InChI is InChI=1S/C13H12ClN3O4/c1-2-3-10-11(13(20)21)15-16-17(10)7-4-5-9(14)8(6-7)12(18)19/h4-6H,2-3H2,1H3,(H,18,19)(H,20,21). The highest BCUT2D eigenvalue weighted by Gasteiger charge is 2.20. The van der Waals surface area contributed by atoms with E-state index in [0.29, 0.717) is 24.2 Å². The fourth-order valence-electron chi connectivity index (χ4n) is 1.95. The lowest BCUT2D eigenvalue weighted by Gasteiger charge is -2.08. The van der Waals surface area contributed by atoms with Gasteiger partial charge in [-0.15, -0.1) is 5.10 Å². The zero-order valence-electron chi connectivity index (χ0n) is 11.1. The van der Waals surface area contributed by atoms with E-state index in [-0.39, 0.29) is 16.3 Å². The molecule has 110 valence electrons. The van der Waals surface area contributed by atoms with Gasteiger partial charge in [0.05, 0.1) is 22.0 Å². The predicted octanol–water partition coefficient (Wildman–Crippen LogP) is 2.27. The van der Waals surface area contributed by atoms with Crippen LogP contribution in [0, 0.1) is 0 Å². The molecule has 0 fully saturated rings. The summed E-state index contributed by atoms with van der Waals surface area (Å²) in [5.41, 5.74) is 0.608. The van der Waals surface area contributed by atoms with Gasteiger partial charge in [-0.2, -0.15) is 0 Å². The molecule has 0 unspecified atom stereocenters. The number of hydrogen-bond acceptors (Lipinski definition) is 4. The Morgan fingerprint density at radius 1 is 1.29 bits per heavy atom. The average Bonchev–Trinajstić information content (AvgIpc) is 2.83. The monoisotopic (exact) mass is 309 g/mol. The van der Waals surface area contributed by atoms with Gasteiger partial charge in [-0.3, -0.25) is 0 Å². The van der Waals surface area contributed by atoms with Crippen LogP contribution in [0.1, 0.15) is 39.9 Å². The van der Waals surface area contributed by atoms with Gasteiger partial charge in [-0.05, 0) is 24.6 Å². The second-order valence-electron chi connectivity index (χ2n) is 4.32. The molecule has 1 aromatic heterocycles. The van der Waals surface area contributed by atoms with Crippen molar-refractivity contribution in [2.24, 2.45) is 0 Å². The van der Waals surface area contributed by atoms with E-state index < -0.39 is 11.9 Å². The van der Waals surface area contributed by atoms with Gasteiger partial charge in [0.25, 0.3) is 0 Å². The summed E-state index contributed by atoms with van der Waals surface area (Å²) >= 11 is 5.82. The largest absolute Gasteiger partial charge is 0.478 e. The third-order valence-corrected chi connectivity index (χ3v) is 3.21. The summed E-state index contributed by atoms with van der Waals surface area (Å²) in [7, 11) is 0. The molecule has 0 amide bonds. The first-order valence-corrected chi connectivity index (χ1v) is 6.54. The van der Waals surface area contributed by atoms with Crippen molar-refractivity contribution in [1.29, 1.82) is 0 Å². The highest BCUT2D eigenvalue weighted by Crippen LogP contribution is 2.22. The lowest BCUT2D eigenvalue weighted by molar-refractivity contribution is 0.0681. The van der Waals surface area contributed by atoms with Crippen LogP contribution in [0.15, 0.2) is 18.2 Å². The fraction of sp³-hybridized carbons (Fsp3) is 0.231. The molecule has 2 rings (SSSR count). The fourth-order valence-corrected chi connectivity index (χ4v) is 2.14. The molecule has 0 saturated heterocycles. The Hall–Kier alpha value is -2.41. The van der Waals surface area contributed by atoms with Crippen molar-refractivity contribution < 1.29 is 19.8 Å². The van der Waals surface area contributed by atoms with Crippen LogP contribution >= 0.6 is 11.6 Å². The Morgan fingerprint density at radius 2 is 2.00 bits per heavy atom. The van der Waals surface area contributed by atoms with Crippen LogP contribution in [-0.2, 0) is 6.42 Å². The van der Waals surface area contributed by atoms with E-state index in [1.54, 1.807) is 6.07 Å². The van der Waals surface area contributed by atoms with Gasteiger partial charge in [-0.25, -0.2) is 14.3 Å². The number of carbonyl (C=O) groups is 2. The van der Waals surface area contributed by atoms with E-state index in [1.807, 2.05) is 6.92 Å². The number of nitrogens with zero attached hydrogens (tertiary/aromatic N) is 3. The van der Waals surface area contributed by atoms with Crippen molar-refractivity contribution >= 4 is 23.5 Å². The molecule has 0 radical (unpaired) electrons. The van der Waals surface area contributed by atoms with Gasteiger partial charge in [0, 0.05) is 0 Å². The van der Waals surface area contributed by atoms with Crippen molar-refractivity contribution in [3.63, 3.8) is 0 Å². The molecule has 2 N–H and O–H groups in total. The van der Waals surface area contributed by atoms with Crippen molar-refractivity contribution in [3.8, 4) is 5.69 Å². The third-order valence-electron chi connectivity index (χ3n) is 2.88. The number of rotatable bonds is 5. The Morgan fingerprint density at radius 3 is 2.57 bits per heavy atom. The molecule has 0 spiro atoms. The maximum Gasteiger partial charge on any atom is 0.358 e. The molecule has 0 saturated carbocycles. The molecule has 7 nitrogen and oxygen atoms in total. The normalized spacial score (nSPS) is 10.6. The first-order valence-electron chi connectivity index (χ1n) is 6.16. The number of carboxylic acids is 2. The molecular weight excluding hydrogens is 298 g/mol. The molecule has 1 heterocycles. The number of halogens is 1. The second-order valence-corrected chi connectivity index (χ2v) is 4.73. The summed E-state index contributed by atoms with van der Waals surface area (Å²) in [5.74, 6) is -2.34. The van der Waals surface area contributed by atoms with Crippen LogP contribution in [0.3, 0.4) is 0 Å². The predicted molar refractivity (Wildman–Crippen MR) is 74.3 cm³/mol. The van der Waals surface area contributed by atoms with E-state index in [9.17, 15) is 9.59 Å². The minimum Gasteiger partial charge on any atom is -0.478 e. The van der Waals surface area contributed by atoms with Crippen LogP contribution < -0.4 is 0 Å². The molecule has 8 heteroatoms. The summed E-state index contributed by atoms with van der Waals surface area (Å²) in [4.78, 5) is 22.2. The minimum absolute atomic E-state index is 0.0796. The topological polar surface area (TPSA) is 105 Å². The molecular formula is C13H12ClN3O4.